The van der Waals surface area contributed by atoms with Crippen LogP contribution in [0.15, 0.2) is 24.3 Å². The lowest BCUT2D eigenvalue weighted by molar-refractivity contribution is 0.112. The molecule has 0 saturated carbocycles. The topological polar surface area (TPSA) is 72.2 Å². The van der Waals surface area contributed by atoms with Crippen molar-refractivity contribution < 1.29 is 9.59 Å². The summed E-state index contributed by atoms with van der Waals surface area (Å²) in [6.07, 6.45) is 0.658. The first-order valence-corrected chi connectivity index (χ1v) is 3.34. The van der Waals surface area contributed by atoms with Gasteiger partial charge in [-0.2, -0.15) is 0 Å². The Hall–Kier alpha value is -1.84. The molecule has 0 spiro atoms. The number of rotatable bonds is 2. The summed E-state index contributed by atoms with van der Waals surface area (Å²) in [5, 5.41) is 2.33. The Labute approximate surface area is 69.4 Å². The van der Waals surface area contributed by atoms with Gasteiger partial charge >= 0.3 is 6.03 Å². The number of nitrogens with two attached hydrogens (primary N) is 1. The maximum atomic E-state index is 10.4. The molecule has 0 aliphatic heterocycles. The second kappa shape index (κ2) is 3.52. The van der Waals surface area contributed by atoms with Crippen molar-refractivity contribution in [1.29, 1.82) is 0 Å². The minimum Gasteiger partial charge on any atom is -0.351 e. The summed E-state index contributed by atoms with van der Waals surface area (Å²) in [6, 6.07) is 5.94. The standard InChI is InChI=1S/C8H8N2O2/c9-8(12)10-7-4-2-1-3-6(7)5-11/h1-5H,(H3,9,10,12). The van der Waals surface area contributed by atoms with Gasteiger partial charge < -0.3 is 11.1 Å². The summed E-state index contributed by atoms with van der Waals surface area (Å²) in [5.41, 5.74) is 5.73. The molecule has 0 atom stereocenters. The smallest absolute Gasteiger partial charge is 0.316 e. The second-order valence-electron chi connectivity index (χ2n) is 2.19. The van der Waals surface area contributed by atoms with E-state index in [0.717, 1.165) is 0 Å². The van der Waals surface area contributed by atoms with E-state index in [4.69, 9.17) is 5.73 Å². The molecule has 2 amide bonds. The van der Waals surface area contributed by atoms with Crippen LogP contribution in [0.1, 0.15) is 10.4 Å². The molecule has 3 N–H and O–H groups in total. The SMILES string of the molecule is NC(=O)Nc1ccccc1C=O. The first-order valence-electron chi connectivity index (χ1n) is 3.34. The second-order valence-corrected chi connectivity index (χ2v) is 2.19. The maximum Gasteiger partial charge on any atom is 0.316 e. The van der Waals surface area contributed by atoms with Crippen molar-refractivity contribution in [1.82, 2.24) is 0 Å². The molecule has 0 aliphatic carbocycles. The van der Waals surface area contributed by atoms with Crippen molar-refractivity contribution in [3.8, 4) is 0 Å². The number of amides is 2. The molecule has 4 heteroatoms. The molecule has 12 heavy (non-hydrogen) atoms. The summed E-state index contributed by atoms with van der Waals surface area (Å²) < 4.78 is 0. The zero-order chi connectivity index (χ0) is 8.97. The van der Waals surface area contributed by atoms with Gasteiger partial charge in [0.1, 0.15) is 0 Å². The van der Waals surface area contributed by atoms with Crippen LogP contribution < -0.4 is 11.1 Å². The van der Waals surface area contributed by atoms with Crippen molar-refractivity contribution in [3.63, 3.8) is 0 Å². The van der Waals surface area contributed by atoms with E-state index >= 15 is 0 Å². The van der Waals surface area contributed by atoms with E-state index in [-0.39, 0.29) is 0 Å². The number of aldehydes is 1. The third-order valence-electron chi connectivity index (χ3n) is 1.35. The Bertz CT molecular complexity index is 310. The van der Waals surface area contributed by atoms with Crippen molar-refractivity contribution in [2.24, 2.45) is 5.73 Å². The number of carbonyl (C=O) groups excluding carboxylic acids is 2. The number of carbonyl (C=O) groups is 2. The Morgan fingerprint density at radius 3 is 2.67 bits per heavy atom. The maximum absolute atomic E-state index is 10.4. The lowest BCUT2D eigenvalue weighted by Crippen LogP contribution is -2.20. The Morgan fingerprint density at radius 2 is 2.08 bits per heavy atom. The number of primary amides is 1. The zero-order valence-electron chi connectivity index (χ0n) is 6.28. The van der Waals surface area contributed by atoms with Gasteiger partial charge in [-0.1, -0.05) is 12.1 Å². The van der Waals surface area contributed by atoms with E-state index in [1.54, 1.807) is 24.3 Å². The molecular formula is C8H8N2O2. The van der Waals surface area contributed by atoms with Gasteiger partial charge in [-0.3, -0.25) is 4.79 Å². The Kier molecular flexibility index (Phi) is 2.42. The molecule has 0 aliphatic rings. The molecule has 0 saturated heterocycles. The Balaban J connectivity index is 2.96. The first kappa shape index (κ1) is 8.26. The van der Waals surface area contributed by atoms with Gasteiger partial charge in [0.2, 0.25) is 0 Å². The van der Waals surface area contributed by atoms with Crippen LogP contribution in [0, 0.1) is 0 Å². The van der Waals surface area contributed by atoms with Crippen LogP contribution in [0.25, 0.3) is 0 Å². The fourth-order valence-corrected chi connectivity index (χ4v) is 0.846. The summed E-state index contributed by atoms with van der Waals surface area (Å²) in [5.74, 6) is 0. The fraction of sp³-hybridized carbons (Fsp3) is 0. The quantitative estimate of drug-likeness (QED) is 0.640. The molecule has 0 radical (unpaired) electrons. The third kappa shape index (κ3) is 1.82. The molecule has 4 nitrogen and oxygen atoms in total. The summed E-state index contributed by atoms with van der Waals surface area (Å²) in [6.45, 7) is 0. The van der Waals surface area contributed by atoms with Crippen molar-refractivity contribution in [2.75, 3.05) is 5.32 Å². The van der Waals surface area contributed by atoms with Crippen molar-refractivity contribution in [3.05, 3.63) is 29.8 Å². The number of para-hydroxylation sites is 1. The van der Waals surface area contributed by atoms with Crippen molar-refractivity contribution >= 4 is 18.0 Å². The van der Waals surface area contributed by atoms with E-state index < -0.39 is 6.03 Å². The molecule has 0 bridgehead atoms. The predicted molar refractivity (Wildman–Crippen MR) is 45.0 cm³/mol. The van der Waals surface area contributed by atoms with Gasteiger partial charge in [0.25, 0.3) is 0 Å². The van der Waals surface area contributed by atoms with E-state index in [1.807, 2.05) is 0 Å². The van der Waals surface area contributed by atoms with Gasteiger partial charge in [0.15, 0.2) is 6.29 Å². The fourth-order valence-electron chi connectivity index (χ4n) is 0.846. The van der Waals surface area contributed by atoms with Gasteiger partial charge in [0.05, 0.1) is 5.69 Å². The molecule has 0 heterocycles. The monoisotopic (exact) mass is 164 g/mol. The highest BCUT2D eigenvalue weighted by Gasteiger charge is 2.00. The number of anilines is 1. The van der Waals surface area contributed by atoms with Gasteiger partial charge in [-0.05, 0) is 12.1 Å². The highest BCUT2D eigenvalue weighted by molar-refractivity contribution is 5.94. The minimum atomic E-state index is -0.677. The first-order chi connectivity index (χ1) is 5.74. The average molecular weight is 164 g/mol. The number of hydrogen-bond acceptors (Lipinski definition) is 2. The van der Waals surface area contributed by atoms with Crippen LogP contribution in [0.5, 0.6) is 0 Å². The van der Waals surface area contributed by atoms with Crippen LogP contribution >= 0.6 is 0 Å². The van der Waals surface area contributed by atoms with E-state index in [9.17, 15) is 9.59 Å². The van der Waals surface area contributed by atoms with Crippen LogP contribution in [-0.4, -0.2) is 12.3 Å². The highest BCUT2D eigenvalue weighted by Crippen LogP contribution is 2.11. The number of benzene rings is 1. The van der Waals surface area contributed by atoms with Gasteiger partial charge in [-0.25, -0.2) is 4.79 Å². The summed E-state index contributed by atoms with van der Waals surface area (Å²) in [7, 11) is 0. The van der Waals surface area contributed by atoms with E-state index in [0.29, 0.717) is 17.5 Å². The molecule has 1 aromatic rings. The van der Waals surface area contributed by atoms with Crippen LogP contribution in [0.4, 0.5) is 10.5 Å². The number of hydrogen-bond donors (Lipinski definition) is 2. The van der Waals surface area contributed by atoms with Crippen LogP contribution in [0.3, 0.4) is 0 Å². The lowest BCUT2D eigenvalue weighted by atomic mass is 10.2. The molecule has 0 unspecified atom stereocenters. The van der Waals surface area contributed by atoms with E-state index in [1.165, 1.54) is 0 Å². The number of urea groups is 1. The summed E-state index contributed by atoms with van der Waals surface area (Å²) in [4.78, 5) is 20.8. The lowest BCUT2D eigenvalue weighted by Gasteiger charge is -2.02. The largest absolute Gasteiger partial charge is 0.351 e. The predicted octanol–water partition coefficient (Wildman–Crippen LogP) is 0.990. The van der Waals surface area contributed by atoms with E-state index in [2.05, 4.69) is 5.32 Å². The molecule has 1 aromatic carbocycles. The average Bonchev–Trinajstić information content (AvgIpc) is 2.04. The third-order valence-corrected chi connectivity index (χ3v) is 1.35. The van der Waals surface area contributed by atoms with Crippen LogP contribution in [0.2, 0.25) is 0 Å². The molecular weight excluding hydrogens is 156 g/mol. The number of nitrogens with one attached hydrogen (secondary N) is 1. The highest BCUT2D eigenvalue weighted by atomic mass is 16.2. The molecule has 0 fully saturated rings. The zero-order valence-corrected chi connectivity index (χ0v) is 6.28. The summed E-state index contributed by atoms with van der Waals surface area (Å²) >= 11 is 0. The Morgan fingerprint density at radius 1 is 1.42 bits per heavy atom. The molecule has 1 rings (SSSR count). The van der Waals surface area contributed by atoms with Crippen molar-refractivity contribution in [2.45, 2.75) is 0 Å². The van der Waals surface area contributed by atoms with Gasteiger partial charge in [0, 0.05) is 5.56 Å². The molecule has 0 aromatic heterocycles. The molecule has 62 valence electrons. The minimum absolute atomic E-state index is 0.413. The van der Waals surface area contributed by atoms with Crippen LogP contribution in [-0.2, 0) is 0 Å². The van der Waals surface area contributed by atoms with Gasteiger partial charge in [-0.15, -0.1) is 0 Å². The normalized spacial score (nSPS) is 9.00.